The van der Waals surface area contributed by atoms with Crippen LogP contribution < -0.4 is 4.57 Å². The molecule has 0 aliphatic rings. The summed E-state index contributed by atoms with van der Waals surface area (Å²) >= 11 is 0. The third kappa shape index (κ3) is 3.93. The highest BCUT2D eigenvalue weighted by atomic mass is 15.1. The maximum Gasteiger partial charge on any atom is 0.295 e. The zero-order chi connectivity index (χ0) is 23.9. The standard InChI is InChI=1S/C31H37N2/c1-9-10-17-27-23(7)26-16-11-13-22(6)29(26)31-32(8)19-28(33(27)31)30-24(18-20(2)3)14-12-15-25(30)21(4)5/h9-17,19-21H,1,18H2,2-8H3/q+1/b17-10-. The first kappa shape index (κ1) is 23.0. The Labute approximate surface area is 198 Å². The molecule has 0 saturated heterocycles. The van der Waals surface area contributed by atoms with Crippen molar-refractivity contribution in [2.24, 2.45) is 13.0 Å². The summed E-state index contributed by atoms with van der Waals surface area (Å²) in [6.45, 7) is 17.6. The molecule has 2 aromatic heterocycles. The second-order valence-corrected chi connectivity index (χ2v) is 10.0. The summed E-state index contributed by atoms with van der Waals surface area (Å²) in [5, 5.41) is 2.64. The van der Waals surface area contributed by atoms with Gasteiger partial charge in [0.05, 0.1) is 12.4 Å². The van der Waals surface area contributed by atoms with Crippen LogP contribution in [-0.2, 0) is 13.5 Å². The van der Waals surface area contributed by atoms with Gasteiger partial charge < -0.3 is 0 Å². The summed E-state index contributed by atoms with van der Waals surface area (Å²) in [7, 11) is 2.18. The molecule has 2 nitrogen and oxygen atoms in total. The van der Waals surface area contributed by atoms with Gasteiger partial charge in [-0.25, -0.2) is 4.57 Å². The summed E-state index contributed by atoms with van der Waals surface area (Å²) < 4.78 is 4.79. The number of allylic oxidation sites excluding steroid dienone is 2. The smallest absolute Gasteiger partial charge is 0.232 e. The Morgan fingerprint density at radius 3 is 2.42 bits per heavy atom. The van der Waals surface area contributed by atoms with E-state index in [1.165, 1.54) is 55.6 Å². The third-order valence-corrected chi connectivity index (χ3v) is 6.71. The van der Waals surface area contributed by atoms with Crippen molar-refractivity contribution in [2.45, 2.75) is 53.9 Å². The van der Waals surface area contributed by atoms with Gasteiger partial charge in [0, 0.05) is 11.1 Å². The number of imidazole rings is 1. The molecule has 0 bridgehead atoms. The summed E-state index contributed by atoms with van der Waals surface area (Å²) in [4.78, 5) is 0. The Morgan fingerprint density at radius 1 is 1.03 bits per heavy atom. The molecule has 33 heavy (non-hydrogen) atoms. The fourth-order valence-electron chi connectivity index (χ4n) is 5.25. The summed E-state index contributed by atoms with van der Waals surface area (Å²) in [6.07, 6.45) is 9.52. The molecule has 0 N–H and O–H groups in total. The molecular formula is C31H37N2+. The van der Waals surface area contributed by atoms with E-state index in [4.69, 9.17) is 0 Å². The van der Waals surface area contributed by atoms with E-state index < -0.39 is 0 Å². The van der Waals surface area contributed by atoms with E-state index in [0.29, 0.717) is 11.8 Å². The molecule has 0 spiro atoms. The minimum atomic E-state index is 0.443. The van der Waals surface area contributed by atoms with Crippen LogP contribution in [-0.4, -0.2) is 4.40 Å². The first-order valence-corrected chi connectivity index (χ1v) is 12.1. The number of pyridine rings is 1. The lowest BCUT2D eigenvalue weighted by Crippen LogP contribution is -2.26. The molecule has 0 fully saturated rings. The average molecular weight is 438 g/mol. The van der Waals surface area contributed by atoms with Crippen LogP contribution in [0.5, 0.6) is 0 Å². The average Bonchev–Trinajstić information content (AvgIpc) is 3.09. The van der Waals surface area contributed by atoms with Crippen molar-refractivity contribution in [2.75, 3.05) is 0 Å². The van der Waals surface area contributed by atoms with Gasteiger partial charge in [-0.3, -0.25) is 0 Å². The van der Waals surface area contributed by atoms with Crippen LogP contribution in [0, 0.1) is 19.8 Å². The maximum atomic E-state index is 3.93. The normalized spacial score (nSPS) is 12.2. The molecule has 0 amide bonds. The summed E-state index contributed by atoms with van der Waals surface area (Å²) in [6, 6.07) is 13.5. The Kier molecular flexibility index (Phi) is 6.30. The molecular weight excluding hydrogens is 400 g/mol. The number of aryl methyl sites for hydroxylation is 3. The van der Waals surface area contributed by atoms with Crippen LogP contribution in [0.2, 0.25) is 0 Å². The van der Waals surface area contributed by atoms with E-state index in [1.807, 2.05) is 6.08 Å². The van der Waals surface area contributed by atoms with Crippen molar-refractivity contribution in [1.82, 2.24) is 4.40 Å². The van der Waals surface area contributed by atoms with Gasteiger partial charge in [-0.1, -0.05) is 82.8 Å². The summed E-state index contributed by atoms with van der Waals surface area (Å²) in [5.41, 5.74) is 10.5. The molecule has 170 valence electrons. The molecule has 0 saturated carbocycles. The largest absolute Gasteiger partial charge is 0.295 e. The van der Waals surface area contributed by atoms with Crippen molar-refractivity contribution >= 4 is 22.5 Å². The minimum Gasteiger partial charge on any atom is -0.232 e. The molecule has 0 unspecified atom stereocenters. The lowest BCUT2D eigenvalue weighted by Gasteiger charge is -2.17. The van der Waals surface area contributed by atoms with Crippen molar-refractivity contribution in [1.29, 1.82) is 0 Å². The zero-order valence-corrected chi connectivity index (χ0v) is 21.2. The Morgan fingerprint density at radius 2 is 1.76 bits per heavy atom. The minimum absolute atomic E-state index is 0.443. The van der Waals surface area contributed by atoms with E-state index in [-0.39, 0.29) is 0 Å². The van der Waals surface area contributed by atoms with Crippen molar-refractivity contribution in [3.8, 4) is 11.3 Å². The van der Waals surface area contributed by atoms with E-state index in [1.54, 1.807) is 0 Å². The predicted octanol–water partition coefficient (Wildman–Crippen LogP) is 7.72. The zero-order valence-electron chi connectivity index (χ0n) is 21.2. The highest BCUT2D eigenvalue weighted by molar-refractivity contribution is 6.00. The molecule has 2 aromatic carbocycles. The van der Waals surface area contributed by atoms with Crippen LogP contribution in [0.4, 0.5) is 0 Å². The van der Waals surface area contributed by atoms with Crippen molar-refractivity contribution < 1.29 is 4.57 Å². The van der Waals surface area contributed by atoms with E-state index >= 15 is 0 Å². The van der Waals surface area contributed by atoms with Crippen LogP contribution >= 0.6 is 0 Å². The quantitative estimate of drug-likeness (QED) is 0.215. The number of hydrogen-bond acceptors (Lipinski definition) is 0. The van der Waals surface area contributed by atoms with Gasteiger partial charge in [0.1, 0.15) is 11.9 Å². The van der Waals surface area contributed by atoms with Gasteiger partial charge >= 0.3 is 0 Å². The van der Waals surface area contributed by atoms with Crippen LogP contribution in [0.1, 0.15) is 61.6 Å². The fourth-order valence-corrected chi connectivity index (χ4v) is 5.25. The predicted molar refractivity (Wildman–Crippen MR) is 143 cm³/mol. The molecule has 0 aliphatic heterocycles. The van der Waals surface area contributed by atoms with E-state index in [2.05, 4.69) is 119 Å². The topological polar surface area (TPSA) is 8.29 Å². The number of rotatable bonds is 6. The van der Waals surface area contributed by atoms with E-state index in [0.717, 1.165) is 6.42 Å². The number of nitrogens with zero attached hydrogens (tertiary/aromatic N) is 2. The lowest BCUT2D eigenvalue weighted by atomic mass is 9.88. The molecule has 0 radical (unpaired) electrons. The van der Waals surface area contributed by atoms with Gasteiger partial charge in [-0.15, -0.1) is 0 Å². The van der Waals surface area contributed by atoms with Crippen molar-refractivity contribution in [3.05, 3.63) is 89.3 Å². The monoisotopic (exact) mass is 437 g/mol. The van der Waals surface area contributed by atoms with Crippen LogP contribution in [0.15, 0.2) is 61.3 Å². The third-order valence-electron chi connectivity index (χ3n) is 6.71. The summed E-state index contributed by atoms with van der Waals surface area (Å²) in [5.74, 6) is 1.04. The second-order valence-electron chi connectivity index (χ2n) is 10.0. The van der Waals surface area contributed by atoms with E-state index in [9.17, 15) is 0 Å². The Hall–Kier alpha value is -3.13. The first-order chi connectivity index (χ1) is 15.8. The highest BCUT2D eigenvalue weighted by Crippen LogP contribution is 2.37. The molecule has 4 rings (SSSR count). The van der Waals surface area contributed by atoms with Gasteiger partial charge in [-0.05, 0) is 60.3 Å². The Balaban J connectivity index is 2.25. The first-order valence-electron chi connectivity index (χ1n) is 12.1. The second kappa shape index (κ2) is 9.02. The van der Waals surface area contributed by atoms with Gasteiger partial charge in [-0.2, -0.15) is 4.40 Å². The molecule has 4 aromatic rings. The number of benzene rings is 2. The highest BCUT2D eigenvalue weighted by Gasteiger charge is 2.28. The van der Waals surface area contributed by atoms with Crippen molar-refractivity contribution in [3.63, 3.8) is 0 Å². The molecule has 0 atom stereocenters. The fraction of sp³-hybridized carbons (Fsp3) is 0.323. The molecule has 2 heterocycles. The van der Waals surface area contributed by atoms with Gasteiger partial charge in [0.2, 0.25) is 0 Å². The lowest BCUT2D eigenvalue weighted by molar-refractivity contribution is -0.643. The number of hydrogen-bond donors (Lipinski definition) is 0. The number of fused-ring (bicyclic) bond motifs is 3. The maximum absolute atomic E-state index is 3.93. The Bertz CT molecular complexity index is 1380. The SMILES string of the molecule is C=C/C=C\c1c(C)c2cccc(C)c2c2n1c(-c1c(CC(C)C)cccc1C(C)C)c[n+]2C. The van der Waals surface area contributed by atoms with Gasteiger partial charge in [0.25, 0.3) is 5.65 Å². The van der Waals surface area contributed by atoms with Crippen LogP contribution in [0.25, 0.3) is 33.8 Å². The van der Waals surface area contributed by atoms with Crippen LogP contribution in [0.3, 0.4) is 0 Å². The van der Waals surface area contributed by atoms with Gasteiger partial charge in [0.15, 0.2) is 5.69 Å². The molecule has 0 aliphatic carbocycles. The molecule has 2 heteroatoms. The number of aromatic nitrogens is 2.